The molecule has 1 N–H and O–H groups in total. The van der Waals surface area contributed by atoms with Crippen molar-refractivity contribution >= 4 is 54.0 Å². The molecule has 0 saturated carbocycles. The van der Waals surface area contributed by atoms with Gasteiger partial charge in [-0.15, -0.1) is 0 Å². The number of nitrogens with zero attached hydrogens (tertiary/aromatic N) is 1. The summed E-state index contributed by atoms with van der Waals surface area (Å²) >= 11 is 7.08. The number of carbonyl (C=O) groups excluding carboxylic acids is 1. The van der Waals surface area contributed by atoms with Gasteiger partial charge in [0, 0.05) is 5.02 Å². The molecule has 1 amide bonds. The second kappa shape index (κ2) is 6.46. The van der Waals surface area contributed by atoms with Crippen LogP contribution in [-0.2, 0) is 14.6 Å². The molecule has 124 valence electrons. The van der Waals surface area contributed by atoms with Crippen LogP contribution < -0.4 is 5.32 Å². The zero-order valence-corrected chi connectivity index (χ0v) is 14.4. The van der Waals surface area contributed by atoms with Gasteiger partial charge in [-0.1, -0.05) is 22.9 Å². The molecule has 0 unspecified atom stereocenters. The highest BCUT2D eigenvalue weighted by atomic mass is 35.5. The van der Waals surface area contributed by atoms with Crippen molar-refractivity contribution in [3.05, 3.63) is 53.3 Å². The first-order valence-corrected chi connectivity index (χ1v) is 9.52. The number of sulfone groups is 1. The van der Waals surface area contributed by atoms with Crippen molar-refractivity contribution in [2.24, 2.45) is 0 Å². The molecule has 0 aliphatic rings. The minimum Gasteiger partial charge on any atom is -0.301 e. The lowest BCUT2D eigenvalue weighted by Gasteiger charge is -2.04. The van der Waals surface area contributed by atoms with Crippen molar-refractivity contribution in [3.8, 4) is 0 Å². The molecule has 3 aromatic rings. The van der Waals surface area contributed by atoms with Crippen molar-refractivity contribution in [1.29, 1.82) is 0 Å². The zero-order chi connectivity index (χ0) is 17.3. The van der Waals surface area contributed by atoms with Crippen LogP contribution >= 0.6 is 22.9 Å². The van der Waals surface area contributed by atoms with E-state index in [9.17, 15) is 17.6 Å². The monoisotopic (exact) mass is 384 g/mol. The van der Waals surface area contributed by atoms with Gasteiger partial charge in [0.05, 0.1) is 15.1 Å². The highest BCUT2D eigenvalue weighted by Gasteiger charge is 2.20. The van der Waals surface area contributed by atoms with Crippen LogP contribution in [0.5, 0.6) is 0 Å². The van der Waals surface area contributed by atoms with Gasteiger partial charge >= 0.3 is 0 Å². The third kappa shape index (κ3) is 3.72. The largest absolute Gasteiger partial charge is 0.301 e. The van der Waals surface area contributed by atoms with E-state index >= 15 is 0 Å². The highest BCUT2D eigenvalue weighted by Crippen LogP contribution is 2.28. The van der Waals surface area contributed by atoms with Crippen LogP contribution in [0.4, 0.5) is 9.52 Å². The summed E-state index contributed by atoms with van der Waals surface area (Å²) < 4.78 is 37.9. The summed E-state index contributed by atoms with van der Waals surface area (Å²) in [6, 6.07) is 9.40. The van der Waals surface area contributed by atoms with Crippen LogP contribution in [0.2, 0.25) is 5.02 Å². The van der Waals surface area contributed by atoms with E-state index in [0.717, 1.165) is 29.0 Å². The smallest absolute Gasteiger partial charge is 0.241 e. The van der Waals surface area contributed by atoms with Gasteiger partial charge in [-0.05, 0) is 42.5 Å². The molecule has 24 heavy (non-hydrogen) atoms. The van der Waals surface area contributed by atoms with Crippen molar-refractivity contribution in [2.45, 2.75) is 4.90 Å². The Morgan fingerprint density at radius 3 is 2.62 bits per heavy atom. The van der Waals surface area contributed by atoms with E-state index < -0.39 is 27.3 Å². The molecule has 0 fully saturated rings. The minimum atomic E-state index is -3.86. The number of hydrogen-bond donors (Lipinski definition) is 1. The summed E-state index contributed by atoms with van der Waals surface area (Å²) in [4.78, 5) is 16.1. The van der Waals surface area contributed by atoms with Crippen molar-refractivity contribution in [2.75, 3.05) is 11.1 Å². The predicted octanol–water partition coefficient (Wildman–Crippen LogP) is 3.50. The molecule has 1 aromatic heterocycles. The van der Waals surface area contributed by atoms with Crippen LogP contribution in [0.3, 0.4) is 0 Å². The van der Waals surface area contributed by atoms with E-state index in [4.69, 9.17) is 11.6 Å². The molecule has 0 bridgehead atoms. The number of nitrogens with one attached hydrogen (secondary N) is 1. The number of benzene rings is 2. The first kappa shape index (κ1) is 16.8. The summed E-state index contributed by atoms with van der Waals surface area (Å²) in [5.74, 6) is -2.02. The molecule has 0 atom stereocenters. The Bertz CT molecular complexity index is 1020. The quantitative estimate of drug-likeness (QED) is 0.698. The van der Waals surface area contributed by atoms with Gasteiger partial charge < -0.3 is 5.32 Å². The average molecular weight is 385 g/mol. The number of aromatic nitrogens is 1. The van der Waals surface area contributed by atoms with Gasteiger partial charge in [-0.25, -0.2) is 17.8 Å². The third-order valence-electron chi connectivity index (χ3n) is 3.09. The number of thiazole rings is 1. The van der Waals surface area contributed by atoms with E-state index in [2.05, 4.69) is 10.3 Å². The Balaban J connectivity index is 1.75. The second-order valence-corrected chi connectivity index (χ2v) is 8.35. The van der Waals surface area contributed by atoms with Gasteiger partial charge in [0.15, 0.2) is 15.0 Å². The molecular formula is C15H10ClFN2O3S2. The average Bonchev–Trinajstić information content (AvgIpc) is 2.88. The van der Waals surface area contributed by atoms with Gasteiger partial charge in [-0.2, -0.15) is 0 Å². The number of anilines is 1. The van der Waals surface area contributed by atoms with E-state index in [-0.39, 0.29) is 10.0 Å². The molecule has 2 aromatic carbocycles. The molecule has 5 nitrogen and oxygen atoms in total. The Kier molecular flexibility index (Phi) is 4.53. The molecule has 0 aliphatic carbocycles. The van der Waals surface area contributed by atoms with Crippen molar-refractivity contribution in [3.63, 3.8) is 0 Å². The maximum atomic E-state index is 12.9. The molecule has 9 heteroatoms. The predicted molar refractivity (Wildman–Crippen MR) is 91.7 cm³/mol. The Labute approximate surface area is 146 Å². The maximum absolute atomic E-state index is 12.9. The van der Waals surface area contributed by atoms with Gasteiger partial charge in [-0.3, -0.25) is 4.79 Å². The van der Waals surface area contributed by atoms with Crippen LogP contribution in [0.25, 0.3) is 10.2 Å². The summed E-state index contributed by atoms with van der Waals surface area (Å²) in [6.45, 7) is 0. The Morgan fingerprint density at radius 1 is 1.21 bits per heavy atom. The molecule has 3 rings (SSSR count). The Hall–Kier alpha value is -2.03. The number of amides is 1. The summed E-state index contributed by atoms with van der Waals surface area (Å²) in [5, 5.41) is 3.29. The first-order chi connectivity index (χ1) is 11.3. The molecule has 1 heterocycles. The minimum absolute atomic E-state index is 0.116. The van der Waals surface area contributed by atoms with E-state index in [1.54, 1.807) is 18.2 Å². The van der Waals surface area contributed by atoms with Crippen LogP contribution in [-0.4, -0.2) is 25.1 Å². The van der Waals surface area contributed by atoms with Crippen LogP contribution in [0.1, 0.15) is 0 Å². The summed E-state index contributed by atoms with van der Waals surface area (Å²) in [7, 11) is -3.86. The second-order valence-electron chi connectivity index (χ2n) is 4.89. The molecule has 0 saturated heterocycles. The van der Waals surface area contributed by atoms with E-state index in [0.29, 0.717) is 10.5 Å². The lowest BCUT2D eigenvalue weighted by atomic mass is 10.3. The normalized spacial score (nSPS) is 11.6. The van der Waals surface area contributed by atoms with Gasteiger partial charge in [0.2, 0.25) is 5.91 Å². The van der Waals surface area contributed by atoms with Gasteiger partial charge in [0.25, 0.3) is 0 Å². The first-order valence-electron chi connectivity index (χ1n) is 6.68. The third-order valence-corrected chi connectivity index (χ3v) is 5.89. The topological polar surface area (TPSA) is 76.1 Å². The van der Waals surface area contributed by atoms with Crippen LogP contribution in [0.15, 0.2) is 47.4 Å². The fourth-order valence-corrected chi connectivity index (χ4v) is 4.30. The fourth-order valence-electron chi connectivity index (χ4n) is 2.01. The van der Waals surface area contributed by atoms with Crippen molar-refractivity contribution in [1.82, 2.24) is 4.98 Å². The SMILES string of the molecule is O=C(CS(=O)(=O)c1ccc(F)cc1)Nc1nc2ccc(Cl)cc2s1. The van der Waals surface area contributed by atoms with Gasteiger partial charge in [0.1, 0.15) is 11.6 Å². The standard InChI is InChI=1S/C15H10ClFN2O3S2/c16-9-1-6-12-13(7-9)23-15(18-12)19-14(20)8-24(21,22)11-4-2-10(17)3-5-11/h1-7H,8H2,(H,18,19,20). The zero-order valence-electron chi connectivity index (χ0n) is 12.0. The molecule has 0 spiro atoms. The van der Waals surface area contributed by atoms with Crippen LogP contribution in [0, 0.1) is 5.82 Å². The maximum Gasteiger partial charge on any atom is 0.241 e. The molecule has 0 aliphatic heterocycles. The van der Waals surface area contributed by atoms with E-state index in [1.165, 1.54) is 11.3 Å². The summed E-state index contributed by atoms with van der Waals surface area (Å²) in [6.07, 6.45) is 0. The number of fused-ring (bicyclic) bond motifs is 1. The number of rotatable bonds is 4. The lowest BCUT2D eigenvalue weighted by Crippen LogP contribution is -2.22. The lowest BCUT2D eigenvalue weighted by molar-refractivity contribution is -0.113. The highest BCUT2D eigenvalue weighted by molar-refractivity contribution is 7.92. The van der Waals surface area contributed by atoms with Crippen molar-refractivity contribution < 1.29 is 17.6 Å². The number of halogens is 2. The Morgan fingerprint density at radius 2 is 1.92 bits per heavy atom. The summed E-state index contributed by atoms with van der Waals surface area (Å²) in [5.41, 5.74) is 0.654. The molecule has 0 radical (unpaired) electrons. The van der Waals surface area contributed by atoms with E-state index in [1.807, 2.05) is 0 Å². The molecular weight excluding hydrogens is 375 g/mol. The fraction of sp³-hybridized carbons (Fsp3) is 0.0667. The number of hydrogen-bond acceptors (Lipinski definition) is 5. The number of carbonyl (C=O) groups is 1.